The van der Waals surface area contributed by atoms with Crippen LogP contribution in [0.4, 0.5) is 17.1 Å². The summed E-state index contributed by atoms with van der Waals surface area (Å²) in [5.74, 6) is 0. The number of nitrogens with zero attached hydrogens (tertiary/aromatic N) is 2. The van der Waals surface area contributed by atoms with Gasteiger partial charge >= 0.3 is 0 Å². The molecule has 1 heterocycles. The van der Waals surface area contributed by atoms with Crippen LogP contribution < -0.4 is 10.6 Å². The van der Waals surface area contributed by atoms with Crippen molar-refractivity contribution in [3.05, 3.63) is 248 Å². The highest BCUT2D eigenvalue weighted by Crippen LogP contribution is 2.43. The Morgan fingerprint density at radius 3 is 1.68 bits per heavy atom. The fraction of sp³-hybridized carbons (Fsp3) is 0.0172. The van der Waals surface area contributed by atoms with Crippen molar-refractivity contribution in [2.45, 2.75) is 6.92 Å². The van der Waals surface area contributed by atoms with E-state index >= 15 is 0 Å². The van der Waals surface area contributed by atoms with Crippen LogP contribution in [0.25, 0.3) is 66.6 Å². The summed E-state index contributed by atoms with van der Waals surface area (Å²) in [7, 11) is 0. The summed E-state index contributed by atoms with van der Waals surface area (Å²) >= 11 is 0. The van der Waals surface area contributed by atoms with E-state index < -0.39 is 0 Å². The molecule has 9 rings (SSSR count). The van der Waals surface area contributed by atoms with Gasteiger partial charge in [0.15, 0.2) is 0 Å². The number of nitrogens with two attached hydrogens (primary N) is 1. The number of fused-ring (bicyclic) bond motifs is 3. The minimum Gasteiger partial charge on any atom is -0.398 e. The molecular formula is C58H46N4. The Kier molecular flexibility index (Phi) is 11.1. The molecule has 0 bridgehead atoms. The maximum atomic E-state index is 8.57. The third-order valence-corrected chi connectivity index (χ3v) is 11.3. The monoisotopic (exact) mass is 798 g/mol. The number of anilines is 3. The Morgan fingerprint density at radius 1 is 0.548 bits per heavy atom. The van der Waals surface area contributed by atoms with Crippen LogP contribution in [0.2, 0.25) is 0 Å². The van der Waals surface area contributed by atoms with Crippen molar-refractivity contribution < 1.29 is 0 Å². The van der Waals surface area contributed by atoms with Gasteiger partial charge in [-0.2, -0.15) is 0 Å². The molecule has 3 N–H and O–H groups in total. The Bertz CT molecular complexity index is 3120. The lowest BCUT2D eigenvalue weighted by Crippen LogP contribution is -2.11. The van der Waals surface area contributed by atoms with E-state index in [1.807, 2.05) is 37.3 Å². The molecular weight excluding hydrogens is 753 g/mol. The number of rotatable bonds is 12. The second-order valence-corrected chi connectivity index (χ2v) is 15.2. The fourth-order valence-corrected chi connectivity index (χ4v) is 8.21. The molecule has 4 nitrogen and oxygen atoms in total. The zero-order valence-corrected chi connectivity index (χ0v) is 34.6. The summed E-state index contributed by atoms with van der Waals surface area (Å²) in [6, 6.07) is 68.9. The molecule has 8 aromatic carbocycles. The van der Waals surface area contributed by atoms with Gasteiger partial charge in [-0.25, -0.2) is 0 Å². The number of hydrogen-bond donors (Lipinski definition) is 2. The molecule has 4 heteroatoms. The summed E-state index contributed by atoms with van der Waals surface area (Å²) in [5, 5.41) is 11.0. The molecule has 0 fully saturated rings. The molecule has 9 aromatic rings. The first-order valence-electron chi connectivity index (χ1n) is 20.9. The van der Waals surface area contributed by atoms with Crippen molar-refractivity contribution in [1.82, 2.24) is 4.57 Å². The van der Waals surface area contributed by atoms with Crippen molar-refractivity contribution in [2.75, 3.05) is 4.90 Å². The zero-order chi connectivity index (χ0) is 42.4. The minimum absolute atomic E-state index is 0.424. The first-order chi connectivity index (χ1) is 30.5. The summed E-state index contributed by atoms with van der Waals surface area (Å²) in [5.41, 5.74) is 22.7. The van der Waals surface area contributed by atoms with Crippen LogP contribution in [0.15, 0.2) is 237 Å². The van der Waals surface area contributed by atoms with Gasteiger partial charge in [0, 0.05) is 44.8 Å². The number of benzene rings is 8. The number of aromatic nitrogens is 1. The number of nitrogens with one attached hydrogen (secondary N) is 1. The summed E-state index contributed by atoms with van der Waals surface area (Å²) in [6.45, 7) is 5.74. The van der Waals surface area contributed by atoms with Crippen LogP contribution in [-0.4, -0.2) is 10.3 Å². The second-order valence-electron chi connectivity index (χ2n) is 15.2. The van der Waals surface area contributed by atoms with Crippen LogP contribution in [0.3, 0.4) is 0 Å². The molecule has 0 saturated carbocycles. The first-order valence-corrected chi connectivity index (χ1v) is 20.9. The summed E-state index contributed by atoms with van der Waals surface area (Å²) in [6.07, 6.45) is 11.1. The SMILES string of the molecule is C=C/C=C\C(=N)c1ccc(N(c2ccc(/C(N)=C/C=C\C)cc2)c2ccc(-n3c4cc(-c5ccccc5)ccc4c4cc(-c5ccccc5)cc(-c5ccccc5)c43)cc2)cc1. The lowest BCUT2D eigenvalue weighted by molar-refractivity contribution is 1.17. The minimum atomic E-state index is 0.424. The highest BCUT2D eigenvalue weighted by Gasteiger charge is 2.20. The van der Waals surface area contributed by atoms with Crippen LogP contribution in [0.5, 0.6) is 0 Å². The average Bonchev–Trinajstić information content (AvgIpc) is 3.67. The van der Waals surface area contributed by atoms with Gasteiger partial charge in [-0.3, -0.25) is 0 Å². The highest BCUT2D eigenvalue weighted by atomic mass is 15.1. The molecule has 1 aromatic heterocycles. The second kappa shape index (κ2) is 17.6. The van der Waals surface area contributed by atoms with Crippen molar-refractivity contribution in [3.63, 3.8) is 0 Å². The lowest BCUT2D eigenvalue weighted by atomic mass is 9.95. The van der Waals surface area contributed by atoms with Gasteiger partial charge in [-0.15, -0.1) is 0 Å². The first kappa shape index (κ1) is 39.3. The maximum Gasteiger partial charge on any atom is 0.0619 e. The molecule has 0 saturated heterocycles. The molecule has 0 aliphatic heterocycles. The van der Waals surface area contributed by atoms with Crippen molar-refractivity contribution in [1.29, 1.82) is 5.41 Å². The van der Waals surface area contributed by atoms with E-state index in [0.29, 0.717) is 11.4 Å². The van der Waals surface area contributed by atoms with E-state index in [1.54, 1.807) is 18.2 Å². The van der Waals surface area contributed by atoms with Gasteiger partial charge in [0.1, 0.15) is 0 Å². The van der Waals surface area contributed by atoms with Gasteiger partial charge in [0.05, 0.1) is 16.7 Å². The van der Waals surface area contributed by atoms with E-state index in [1.165, 1.54) is 33.0 Å². The number of allylic oxidation sites excluding steroid dienone is 6. The fourth-order valence-electron chi connectivity index (χ4n) is 8.21. The van der Waals surface area contributed by atoms with E-state index in [0.717, 1.165) is 56.0 Å². The molecule has 0 unspecified atom stereocenters. The average molecular weight is 799 g/mol. The van der Waals surface area contributed by atoms with Crippen LogP contribution in [0.1, 0.15) is 18.1 Å². The molecule has 0 aliphatic carbocycles. The van der Waals surface area contributed by atoms with Gasteiger partial charge in [0.2, 0.25) is 0 Å². The van der Waals surface area contributed by atoms with Crippen LogP contribution in [-0.2, 0) is 0 Å². The molecule has 298 valence electrons. The molecule has 0 atom stereocenters. The normalized spacial score (nSPS) is 11.8. The van der Waals surface area contributed by atoms with E-state index in [4.69, 9.17) is 11.1 Å². The third kappa shape index (κ3) is 7.81. The van der Waals surface area contributed by atoms with Crippen LogP contribution in [0, 0.1) is 5.41 Å². The predicted molar refractivity (Wildman–Crippen MR) is 265 cm³/mol. The molecule has 0 amide bonds. The van der Waals surface area contributed by atoms with E-state index in [2.05, 4.69) is 198 Å². The quantitative estimate of drug-likeness (QED) is 0.0955. The van der Waals surface area contributed by atoms with Crippen LogP contribution >= 0.6 is 0 Å². The molecule has 0 spiro atoms. The molecule has 0 aliphatic rings. The topological polar surface area (TPSA) is 58.0 Å². The summed E-state index contributed by atoms with van der Waals surface area (Å²) in [4.78, 5) is 2.24. The Morgan fingerprint density at radius 2 is 1.10 bits per heavy atom. The Labute approximate surface area is 363 Å². The van der Waals surface area contributed by atoms with Gasteiger partial charge in [0.25, 0.3) is 0 Å². The van der Waals surface area contributed by atoms with Gasteiger partial charge in [-0.05, 0) is 125 Å². The Hall–Kier alpha value is -8.21. The largest absolute Gasteiger partial charge is 0.398 e. The standard InChI is InChI=1S/C58H46N4/c1-3-5-22-55(59)44-24-29-48(30-25-44)61(49-31-26-45(27-32-49)56(60)23-6-4-2)50-33-35-51(36-34-50)62-57-40-46(41-16-10-7-11-17-41)28-37-52(57)54-39-47(42-18-12-8-13-19-42)38-53(58(54)62)43-20-14-9-15-21-43/h3-40,59H,1,60H2,2H3/b6-4-,22-5-,56-23-,59-55?. The maximum absolute atomic E-state index is 8.57. The summed E-state index contributed by atoms with van der Waals surface area (Å²) < 4.78 is 2.44. The molecule has 62 heavy (non-hydrogen) atoms. The Balaban J connectivity index is 1.23. The van der Waals surface area contributed by atoms with Crippen molar-refractivity contribution in [2.24, 2.45) is 5.73 Å². The zero-order valence-electron chi connectivity index (χ0n) is 34.6. The highest BCUT2D eigenvalue weighted by molar-refractivity contribution is 6.16. The van der Waals surface area contributed by atoms with E-state index in [-0.39, 0.29) is 0 Å². The smallest absolute Gasteiger partial charge is 0.0619 e. The predicted octanol–water partition coefficient (Wildman–Crippen LogP) is 15.2. The van der Waals surface area contributed by atoms with Crippen molar-refractivity contribution >= 4 is 50.3 Å². The van der Waals surface area contributed by atoms with E-state index in [9.17, 15) is 0 Å². The molecule has 0 radical (unpaired) electrons. The van der Waals surface area contributed by atoms with Crippen molar-refractivity contribution in [3.8, 4) is 39.1 Å². The lowest BCUT2D eigenvalue weighted by Gasteiger charge is -2.26. The third-order valence-electron chi connectivity index (χ3n) is 11.3. The van der Waals surface area contributed by atoms with Gasteiger partial charge in [-0.1, -0.05) is 158 Å². The number of hydrogen-bond acceptors (Lipinski definition) is 3. The van der Waals surface area contributed by atoms with Gasteiger partial charge < -0.3 is 20.6 Å².